The molecule has 1 aromatic carbocycles. The van der Waals surface area contributed by atoms with E-state index in [1.165, 1.54) is 16.4 Å². The van der Waals surface area contributed by atoms with Crippen molar-refractivity contribution in [3.63, 3.8) is 0 Å². The summed E-state index contributed by atoms with van der Waals surface area (Å²) >= 11 is 0. The van der Waals surface area contributed by atoms with Crippen LogP contribution in [0.1, 0.15) is 23.7 Å². The van der Waals surface area contributed by atoms with E-state index in [2.05, 4.69) is 10.1 Å². The third-order valence-electron chi connectivity index (χ3n) is 3.66. The number of hydrogen-bond acceptors (Lipinski definition) is 5. The molecule has 0 radical (unpaired) electrons. The van der Waals surface area contributed by atoms with Crippen LogP contribution in [0.2, 0.25) is 0 Å². The highest BCUT2D eigenvalue weighted by molar-refractivity contribution is 7.88. The van der Waals surface area contributed by atoms with E-state index in [1.807, 2.05) is 6.08 Å². The summed E-state index contributed by atoms with van der Waals surface area (Å²) in [6, 6.07) is 6.20. The third kappa shape index (κ3) is 3.65. The predicted octanol–water partition coefficient (Wildman–Crippen LogP) is 2.14. The topological polar surface area (TPSA) is 76.3 Å². The molecular formula is C15H16FN3O3S. The first-order valence-corrected chi connectivity index (χ1v) is 8.77. The SMILES string of the molecule is Cc1nc(CS(=O)(=O)N2CC=C(c3ccc(F)cc3)CC2)no1. The molecule has 2 aromatic rings. The van der Waals surface area contributed by atoms with Crippen LogP contribution in [-0.4, -0.2) is 36.0 Å². The zero-order chi connectivity index (χ0) is 16.4. The maximum absolute atomic E-state index is 13.0. The Morgan fingerprint density at radius 1 is 1.30 bits per heavy atom. The van der Waals surface area contributed by atoms with Crippen molar-refractivity contribution < 1.29 is 17.3 Å². The highest BCUT2D eigenvalue weighted by Gasteiger charge is 2.26. The molecule has 1 aliphatic rings. The molecule has 0 aliphatic carbocycles. The van der Waals surface area contributed by atoms with Gasteiger partial charge in [0, 0.05) is 20.0 Å². The molecule has 8 heteroatoms. The van der Waals surface area contributed by atoms with Crippen LogP contribution in [0.4, 0.5) is 4.39 Å². The fourth-order valence-corrected chi connectivity index (χ4v) is 3.78. The fraction of sp³-hybridized carbons (Fsp3) is 0.333. The molecule has 0 saturated carbocycles. The normalized spacial score (nSPS) is 16.3. The Hall–Kier alpha value is -2.06. The van der Waals surface area contributed by atoms with Crippen molar-refractivity contribution >= 4 is 15.6 Å². The summed E-state index contributed by atoms with van der Waals surface area (Å²) in [6.45, 7) is 2.27. The van der Waals surface area contributed by atoms with E-state index in [1.54, 1.807) is 19.1 Å². The van der Waals surface area contributed by atoms with Gasteiger partial charge in [0.2, 0.25) is 15.9 Å². The number of benzene rings is 1. The number of aromatic nitrogens is 2. The molecular weight excluding hydrogens is 321 g/mol. The summed E-state index contributed by atoms with van der Waals surface area (Å²) in [6.07, 6.45) is 2.44. The largest absolute Gasteiger partial charge is 0.340 e. The quantitative estimate of drug-likeness (QED) is 0.854. The molecule has 2 heterocycles. The van der Waals surface area contributed by atoms with Crippen molar-refractivity contribution in [3.8, 4) is 0 Å². The van der Waals surface area contributed by atoms with E-state index in [4.69, 9.17) is 4.52 Å². The highest BCUT2D eigenvalue weighted by atomic mass is 32.2. The average Bonchev–Trinajstić information content (AvgIpc) is 2.92. The summed E-state index contributed by atoms with van der Waals surface area (Å²) in [5, 5.41) is 3.62. The van der Waals surface area contributed by atoms with Gasteiger partial charge < -0.3 is 4.52 Å². The Morgan fingerprint density at radius 3 is 2.61 bits per heavy atom. The summed E-state index contributed by atoms with van der Waals surface area (Å²) in [5.74, 6) is -0.0581. The van der Waals surface area contributed by atoms with E-state index >= 15 is 0 Å². The standard InChI is InChI=1S/C15H16FN3O3S/c1-11-17-15(18-22-11)10-23(20,21)19-8-6-13(7-9-19)12-2-4-14(16)5-3-12/h2-6H,7-10H2,1H3. The van der Waals surface area contributed by atoms with Crippen molar-refractivity contribution in [1.82, 2.24) is 14.4 Å². The number of aryl methyl sites for hydroxylation is 1. The Kier molecular flexibility index (Phi) is 4.27. The van der Waals surface area contributed by atoms with Gasteiger partial charge in [0.1, 0.15) is 11.6 Å². The molecule has 0 saturated heterocycles. The number of nitrogens with zero attached hydrogens (tertiary/aromatic N) is 3. The Labute approximate surface area is 133 Å². The van der Waals surface area contributed by atoms with Crippen molar-refractivity contribution in [3.05, 3.63) is 53.4 Å². The summed E-state index contributed by atoms with van der Waals surface area (Å²) in [7, 11) is -3.49. The lowest BCUT2D eigenvalue weighted by molar-refractivity contribution is 0.387. The molecule has 0 unspecified atom stereocenters. The van der Waals surface area contributed by atoms with Gasteiger partial charge in [-0.2, -0.15) is 9.29 Å². The lowest BCUT2D eigenvalue weighted by atomic mass is 10.0. The fourth-order valence-electron chi connectivity index (χ4n) is 2.48. The van der Waals surface area contributed by atoms with E-state index in [9.17, 15) is 12.8 Å². The zero-order valence-corrected chi connectivity index (χ0v) is 13.4. The van der Waals surface area contributed by atoms with Crippen LogP contribution in [0.15, 0.2) is 34.9 Å². The molecule has 1 aliphatic heterocycles. The van der Waals surface area contributed by atoms with Gasteiger partial charge in [-0.1, -0.05) is 23.4 Å². The molecule has 1 aromatic heterocycles. The van der Waals surface area contributed by atoms with Gasteiger partial charge in [-0.3, -0.25) is 0 Å². The molecule has 122 valence electrons. The molecule has 0 N–H and O–H groups in total. The zero-order valence-electron chi connectivity index (χ0n) is 12.6. The van der Waals surface area contributed by atoms with Gasteiger partial charge in [-0.25, -0.2) is 12.8 Å². The molecule has 0 atom stereocenters. The third-order valence-corrected chi connectivity index (χ3v) is 5.40. The first-order chi connectivity index (χ1) is 10.9. The second-order valence-corrected chi connectivity index (χ2v) is 7.30. The van der Waals surface area contributed by atoms with Gasteiger partial charge in [0.15, 0.2) is 5.82 Å². The van der Waals surface area contributed by atoms with Crippen LogP contribution < -0.4 is 0 Å². The van der Waals surface area contributed by atoms with E-state index < -0.39 is 10.0 Å². The van der Waals surface area contributed by atoms with Crippen LogP contribution in [0.5, 0.6) is 0 Å². The van der Waals surface area contributed by atoms with E-state index in [0.29, 0.717) is 18.9 Å². The summed E-state index contributed by atoms with van der Waals surface area (Å²) in [4.78, 5) is 3.93. The van der Waals surface area contributed by atoms with Gasteiger partial charge in [-0.05, 0) is 29.7 Å². The Morgan fingerprint density at radius 2 is 2.04 bits per heavy atom. The van der Waals surface area contributed by atoms with E-state index in [0.717, 1.165) is 11.1 Å². The molecule has 0 amide bonds. The van der Waals surface area contributed by atoms with Crippen molar-refractivity contribution in [2.45, 2.75) is 19.1 Å². The number of sulfonamides is 1. The molecule has 6 nitrogen and oxygen atoms in total. The molecule has 0 fully saturated rings. The van der Waals surface area contributed by atoms with Gasteiger partial charge in [-0.15, -0.1) is 0 Å². The first-order valence-electron chi connectivity index (χ1n) is 7.16. The monoisotopic (exact) mass is 337 g/mol. The number of rotatable bonds is 4. The molecule has 3 rings (SSSR count). The minimum absolute atomic E-state index is 0.163. The van der Waals surface area contributed by atoms with Crippen LogP contribution in [0.3, 0.4) is 0 Å². The minimum atomic E-state index is -3.49. The minimum Gasteiger partial charge on any atom is -0.340 e. The van der Waals surface area contributed by atoms with Crippen LogP contribution in [-0.2, 0) is 15.8 Å². The van der Waals surface area contributed by atoms with Crippen molar-refractivity contribution in [2.24, 2.45) is 0 Å². The smallest absolute Gasteiger partial charge is 0.223 e. The molecule has 0 spiro atoms. The second kappa shape index (κ2) is 6.21. The summed E-state index contributed by atoms with van der Waals surface area (Å²) < 4.78 is 43.9. The lowest BCUT2D eigenvalue weighted by Crippen LogP contribution is -2.35. The number of halogens is 1. The summed E-state index contributed by atoms with van der Waals surface area (Å²) in [5.41, 5.74) is 1.93. The maximum atomic E-state index is 13.0. The molecule has 23 heavy (non-hydrogen) atoms. The highest BCUT2D eigenvalue weighted by Crippen LogP contribution is 2.24. The lowest BCUT2D eigenvalue weighted by Gasteiger charge is -2.25. The van der Waals surface area contributed by atoms with Gasteiger partial charge in [0.05, 0.1) is 0 Å². The predicted molar refractivity (Wildman–Crippen MR) is 82.2 cm³/mol. The first kappa shape index (κ1) is 15.8. The van der Waals surface area contributed by atoms with Gasteiger partial charge in [0.25, 0.3) is 0 Å². The Balaban J connectivity index is 1.70. The number of hydrogen-bond donors (Lipinski definition) is 0. The second-order valence-electron chi connectivity index (χ2n) is 5.33. The van der Waals surface area contributed by atoms with Crippen LogP contribution in [0, 0.1) is 12.7 Å². The molecule has 0 bridgehead atoms. The van der Waals surface area contributed by atoms with Crippen LogP contribution >= 0.6 is 0 Å². The van der Waals surface area contributed by atoms with Crippen LogP contribution in [0.25, 0.3) is 5.57 Å². The Bertz CT molecular complexity index is 828. The van der Waals surface area contributed by atoms with Crippen molar-refractivity contribution in [2.75, 3.05) is 13.1 Å². The van der Waals surface area contributed by atoms with Crippen molar-refractivity contribution in [1.29, 1.82) is 0 Å². The average molecular weight is 337 g/mol. The van der Waals surface area contributed by atoms with E-state index in [-0.39, 0.29) is 23.9 Å². The van der Waals surface area contributed by atoms with Gasteiger partial charge >= 0.3 is 0 Å². The maximum Gasteiger partial charge on any atom is 0.223 e.